The number of hydrogen-bond acceptors (Lipinski definition) is 4. The second-order valence-corrected chi connectivity index (χ2v) is 4.66. The van der Waals surface area contributed by atoms with E-state index in [1.165, 1.54) is 11.8 Å². The van der Waals surface area contributed by atoms with E-state index in [9.17, 15) is 14.4 Å². The number of carboxylic acid groups (broad SMARTS) is 1. The van der Waals surface area contributed by atoms with E-state index in [-0.39, 0.29) is 17.4 Å². The SMILES string of the molecule is CC(C)C(C(=O)O)N1C(=O)CSCC1=O. The first-order valence-electron chi connectivity index (χ1n) is 4.60. The molecule has 1 rings (SSSR count). The Kier molecular flexibility index (Phi) is 3.73. The van der Waals surface area contributed by atoms with Crippen molar-refractivity contribution in [1.29, 1.82) is 0 Å². The van der Waals surface area contributed by atoms with E-state index in [1.807, 2.05) is 0 Å². The summed E-state index contributed by atoms with van der Waals surface area (Å²) < 4.78 is 0. The van der Waals surface area contributed by atoms with Crippen molar-refractivity contribution in [3.63, 3.8) is 0 Å². The molecule has 0 aromatic heterocycles. The van der Waals surface area contributed by atoms with Crippen LogP contribution in [-0.2, 0) is 14.4 Å². The van der Waals surface area contributed by atoms with Gasteiger partial charge in [0.15, 0.2) is 0 Å². The number of nitrogens with zero attached hydrogens (tertiary/aromatic N) is 1. The molecule has 0 radical (unpaired) electrons. The molecule has 6 heteroatoms. The van der Waals surface area contributed by atoms with E-state index in [0.717, 1.165) is 4.90 Å². The predicted octanol–water partition coefficient (Wildman–Crippen LogP) is 0.198. The summed E-state index contributed by atoms with van der Waals surface area (Å²) in [4.78, 5) is 34.8. The van der Waals surface area contributed by atoms with Crippen molar-refractivity contribution in [3.05, 3.63) is 0 Å². The van der Waals surface area contributed by atoms with Crippen LogP contribution >= 0.6 is 11.8 Å². The number of aliphatic carboxylic acids is 1. The lowest BCUT2D eigenvalue weighted by molar-refractivity contribution is -0.158. The van der Waals surface area contributed by atoms with Gasteiger partial charge in [0, 0.05) is 0 Å². The fraction of sp³-hybridized carbons (Fsp3) is 0.667. The van der Waals surface area contributed by atoms with Gasteiger partial charge in [0.25, 0.3) is 0 Å². The molecule has 84 valence electrons. The molecule has 15 heavy (non-hydrogen) atoms. The van der Waals surface area contributed by atoms with Crippen LogP contribution in [0, 0.1) is 5.92 Å². The maximum Gasteiger partial charge on any atom is 0.327 e. The van der Waals surface area contributed by atoms with Gasteiger partial charge in [-0.15, -0.1) is 11.8 Å². The summed E-state index contributed by atoms with van der Waals surface area (Å²) >= 11 is 1.22. The highest BCUT2D eigenvalue weighted by molar-refractivity contribution is 8.00. The molecule has 5 nitrogen and oxygen atoms in total. The lowest BCUT2D eigenvalue weighted by atomic mass is 10.0. The van der Waals surface area contributed by atoms with E-state index < -0.39 is 23.8 Å². The number of hydrogen-bond donors (Lipinski definition) is 1. The number of thioether (sulfide) groups is 1. The summed E-state index contributed by atoms with van der Waals surface area (Å²) in [6, 6.07) is -1.04. The van der Waals surface area contributed by atoms with Gasteiger partial charge in [0.2, 0.25) is 11.8 Å². The van der Waals surface area contributed by atoms with Crippen LogP contribution in [0.15, 0.2) is 0 Å². The average molecular weight is 231 g/mol. The van der Waals surface area contributed by atoms with Crippen LogP contribution in [0.5, 0.6) is 0 Å². The minimum Gasteiger partial charge on any atom is -0.480 e. The third-order valence-corrected chi connectivity index (χ3v) is 3.05. The lowest BCUT2D eigenvalue weighted by Crippen LogP contribution is -2.54. The van der Waals surface area contributed by atoms with Gasteiger partial charge in [-0.05, 0) is 5.92 Å². The smallest absolute Gasteiger partial charge is 0.327 e. The molecule has 1 fully saturated rings. The summed E-state index contributed by atoms with van der Waals surface area (Å²) in [7, 11) is 0. The van der Waals surface area contributed by atoms with Gasteiger partial charge in [-0.1, -0.05) is 13.8 Å². The second kappa shape index (κ2) is 4.65. The quantitative estimate of drug-likeness (QED) is 0.702. The molecule has 0 bridgehead atoms. The molecule has 0 aromatic rings. The molecule has 0 aromatic carbocycles. The molecular weight excluding hydrogens is 218 g/mol. The van der Waals surface area contributed by atoms with E-state index in [4.69, 9.17) is 5.11 Å². The molecule has 1 atom stereocenters. The van der Waals surface area contributed by atoms with Crippen LogP contribution in [0.2, 0.25) is 0 Å². The highest BCUT2D eigenvalue weighted by Crippen LogP contribution is 2.19. The average Bonchev–Trinajstić information content (AvgIpc) is 2.09. The summed E-state index contributed by atoms with van der Waals surface area (Å²) in [6.45, 7) is 3.36. The molecule has 1 saturated heterocycles. The van der Waals surface area contributed by atoms with Crippen molar-refractivity contribution in [1.82, 2.24) is 4.90 Å². The van der Waals surface area contributed by atoms with Gasteiger partial charge in [-0.2, -0.15) is 0 Å². The Balaban J connectivity index is 2.94. The van der Waals surface area contributed by atoms with Gasteiger partial charge in [-0.25, -0.2) is 4.79 Å². The molecule has 1 heterocycles. The number of rotatable bonds is 3. The van der Waals surface area contributed by atoms with Gasteiger partial charge in [0.1, 0.15) is 6.04 Å². The molecule has 1 aliphatic heterocycles. The Morgan fingerprint density at radius 3 is 2.13 bits per heavy atom. The molecule has 1 aliphatic rings. The Labute approximate surface area is 91.8 Å². The molecule has 0 saturated carbocycles. The van der Waals surface area contributed by atoms with Crippen molar-refractivity contribution in [3.8, 4) is 0 Å². The summed E-state index contributed by atoms with van der Waals surface area (Å²) in [5, 5.41) is 8.98. The van der Waals surface area contributed by atoms with Crippen molar-refractivity contribution in [2.75, 3.05) is 11.5 Å². The van der Waals surface area contributed by atoms with E-state index in [2.05, 4.69) is 0 Å². The third-order valence-electron chi connectivity index (χ3n) is 2.15. The normalized spacial score (nSPS) is 19.5. The van der Waals surface area contributed by atoms with Gasteiger partial charge < -0.3 is 5.11 Å². The Hall–Kier alpha value is -1.04. The molecule has 1 N–H and O–H groups in total. The van der Waals surface area contributed by atoms with Crippen molar-refractivity contribution >= 4 is 29.5 Å². The Morgan fingerprint density at radius 1 is 1.33 bits per heavy atom. The third kappa shape index (κ3) is 2.50. The molecule has 0 aliphatic carbocycles. The zero-order chi connectivity index (χ0) is 11.6. The molecule has 0 spiro atoms. The minimum atomic E-state index is -1.13. The fourth-order valence-electron chi connectivity index (χ4n) is 1.51. The van der Waals surface area contributed by atoms with E-state index in [1.54, 1.807) is 13.8 Å². The summed E-state index contributed by atoms with van der Waals surface area (Å²) in [6.07, 6.45) is 0. The van der Waals surface area contributed by atoms with Gasteiger partial charge >= 0.3 is 5.97 Å². The van der Waals surface area contributed by atoms with Gasteiger partial charge in [0.05, 0.1) is 11.5 Å². The molecule has 1 unspecified atom stereocenters. The van der Waals surface area contributed by atoms with Crippen molar-refractivity contribution < 1.29 is 19.5 Å². The largest absolute Gasteiger partial charge is 0.480 e. The lowest BCUT2D eigenvalue weighted by Gasteiger charge is -2.32. The molecular formula is C9H13NO4S. The molecule has 2 amide bonds. The van der Waals surface area contributed by atoms with Crippen molar-refractivity contribution in [2.24, 2.45) is 5.92 Å². The first-order chi connectivity index (χ1) is 6.95. The number of carbonyl (C=O) groups is 3. The van der Waals surface area contributed by atoms with Gasteiger partial charge in [-0.3, -0.25) is 14.5 Å². The zero-order valence-corrected chi connectivity index (χ0v) is 9.41. The van der Waals surface area contributed by atoms with Crippen LogP contribution in [0.1, 0.15) is 13.8 Å². The first kappa shape index (κ1) is 12.0. The van der Waals surface area contributed by atoms with Crippen LogP contribution < -0.4 is 0 Å². The first-order valence-corrected chi connectivity index (χ1v) is 5.76. The monoisotopic (exact) mass is 231 g/mol. The van der Waals surface area contributed by atoms with Crippen molar-refractivity contribution in [2.45, 2.75) is 19.9 Å². The second-order valence-electron chi connectivity index (χ2n) is 3.68. The maximum absolute atomic E-state index is 11.5. The van der Waals surface area contributed by atoms with Crippen LogP contribution in [0.4, 0.5) is 0 Å². The van der Waals surface area contributed by atoms with E-state index in [0.29, 0.717) is 0 Å². The Morgan fingerprint density at radius 2 is 1.80 bits per heavy atom. The predicted molar refractivity (Wildman–Crippen MR) is 55.4 cm³/mol. The zero-order valence-electron chi connectivity index (χ0n) is 8.60. The minimum absolute atomic E-state index is 0.183. The Bertz CT molecular complexity index is 286. The summed E-state index contributed by atoms with van der Waals surface area (Å²) in [5.74, 6) is -1.85. The highest BCUT2D eigenvalue weighted by atomic mass is 32.2. The van der Waals surface area contributed by atoms with Crippen LogP contribution in [-0.4, -0.2) is 45.3 Å². The highest BCUT2D eigenvalue weighted by Gasteiger charge is 2.38. The topological polar surface area (TPSA) is 74.7 Å². The fourth-order valence-corrected chi connectivity index (χ4v) is 2.24. The summed E-state index contributed by atoms with van der Waals surface area (Å²) in [5.41, 5.74) is 0. The number of carbonyl (C=O) groups excluding carboxylic acids is 2. The van der Waals surface area contributed by atoms with E-state index >= 15 is 0 Å². The maximum atomic E-state index is 11.5. The number of carboxylic acids is 1. The standard InChI is InChI=1S/C9H13NO4S/c1-5(2)8(9(13)14)10-6(11)3-15-4-7(10)12/h5,8H,3-4H2,1-2H3,(H,13,14). The van der Waals surface area contributed by atoms with Crippen LogP contribution in [0.25, 0.3) is 0 Å². The van der Waals surface area contributed by atoms with Crippen LogP contribution in [0.3, 0.4) is 0 Å². The number of amides is 2. The number of imide groups is 1.